The lowest BCUT2D eigenvalue weighted by Gasteiger charge is -2.30. The molecule has 1 aromatic heterocycles. The van der Waals surface area contributed by atoms with Crippen LogP contribution in [0, 0.1) is 6.92 Å². The van der Waals surface area contributed by atoms with Gasteiger partial charge in [-0.3, -0.25) is 0 Å². The molecule has 1 aliphatic rings. The van der Waals surface area contributed by atoms with E-state index in [4.69, 9.17) is 14.2 Å². The van der Waals surface area contributed by atoms with Gasteiger partial charge in [0, 0.05) is 29.8 Å². The van der Waals surface area contributed by atoms with Crippen LogP contribution in [0.25, 0.3) is 0 Å². The van der Waals surface area contributed by atoms with Crippen molar-refractivity contribution in [2.75, 3.05) is 12.4 Å². The summed E-state index contributed by atoms with van der Waals surface area (Å²) in [6.45, 7) is 6.25. The van der Waals surface area contributed by atoms with E-state index in [1.165, 1.54) is 39.2 Å². The van der Waals surface area contributed by atoms with Crippen molar-refractivity contribution in [3.63, 3.8) is 0 Å². The summed E-state index contributed by atoms with van der Waals surface area (Å²) in [5.41, 5.74) is 0.813. The Labute approximate surface area is 137 Å². The SMILES string of the molecule is COC(=O)c1c(NC(C)=C2C(=O)OC(C)(C)OC2=O)csc1C. The maximum atomic E-state index is 12.0. The third-order valence-corrected chi connectivity index (χ3v) is 4.06. The largest absolute Gasteiger partial charge is 0.465 e. The van der Waals surface area contributed by atoms with Crippen molar-refractivity contribution in [1.82, 2.24) is 0 Å². The summed E-state index contributed by atoms with van der Waals surface area (Å²) < 4.78 is 14.8. The molecule has 7 nitrogen and oxygen atoms in total. The Hall–Kier alpha value is -2.35. The van der Waals surface area contributed by atoms with Crippen LogP contribution >= 0.6 is 11.3 Å². The Morgan fingerprint density at radius 3 is 2.35 bits per heavy atom. The van der Waals surface area contributed by atoms with E-state index in [0.717, 1.165) is 4.88 Å². The molecule has 1 N–H and O–H groups in total. The van der Waals surface area contributed by atoms with E-state index in [-0.39, 0.29) is 11.3 Å². The molecule has 0 spiro atoms. The molecule has 2 heterocycles. The van der Waals surface area contributed by atoms with Gasteiger partial charge in [-0.15, -0.1) is 11.3 Å². The van der Waals surface area contributed by atoms with Gasteiger partial charge in [-0.1, -0.05) is 0 Å². The molecular formula is C15H17NO6S. The second kappa shape index (κ2) is 6.04. The Bertz CT molecular complexity index is 694. The van der Waals surface area contributed by atoms with E-state index in [1.807, 2.05) is 0 Å². The Morgan fingerprint density at radius 2 is 1.83 bits per heavy atom. The van der Waals surface area contributed by atoms with Crippen molar-refractivity contribution in [3.8, 4) is 0 Å². The minimum atomic E-state index is -1.30. The first kappa shape index (κ1) is 17.0. The minimum absolute atomic E-state index is 0.232. The smallest absolute Gasteiger partial charge is 0.350 e. The highest BCUT2D eigenvalue weighted by Crippen LogP contribution is 2.30. The number of carbonyl (C=O) groups excluding carboxylic acids is 3. The van der Waals surface area contributed by atoms with Crippen molar-refractivity contribution >= 4 is 34.9 Å². The number of allylic oxidation sites excluding steroid dienone is 1. The van der Waals surface area contributed by atoms with Crippen LogP contribution in [0.4, 0.5) is 5.69 Å². The Morgan fingerprint density at radius 1 is 1.26 bits per heavy atom. The maximum Gasteiger partial charge on any atom is 0.350 e. The van der Waals surface area contributed by atoms with E-state index in [0.29, 0.717) is 11.3 Å². The van der Waals surface area contributed by atoms with E-state index < -0.39 is 23.7 Å². The van der Waals surface area contributed by atoms with Gasteiger partial charge in [-0.2, -0.15) is 0 Å². The molecule has 1 saturated heterocycles. The second-order valence-corrected chi connectivity index (χ2v) is 6.46. The number of aryl methyl sites for hydroxylation is 1. The van der Waals surface area contributed by atoms with E-state index in [1.54, 1.807) is 12.3 Å². The fourth-order valence-corrected chi connectivity index (χ4v) is 2.91. The molecule has 23 heavy (non-hydrogen) atoms. The molecule has 1 fully saturated rings. The van der Waals surface area contributed by atoms with Crippen molar-refractivity contribution in [2.45, 2.75) is 33.5 Å². The highest BCUT2D eigenvalue weighted by molar-refractivity contribution is 7.10. The molecular weight excluding hydrogens is 322 g/mol. The van der Waals surface area contributed by atoms with Gasteiger partial charge in [0.1, 0.15) is 0 Å². The summed E-state index contributed by atoms with van der Waals surface area (Å²) in [5.74, 6) is -3.35. The number of cyclic esters (lactones) is 2. The third kappa shape index (κ3) is 3.37. The van der Waals surface area contributed by atoms with Crippen molar-refractivity contribution in [1.29, 1.82) is 0 Å². The quantitative estimate of drug-likeness (QED) is 0.513. The predicted octanol–water partition coefficient (Wildman–Crippen LogP) is 2.37. The standard InChI is InChI=1S/C15H17NO6S/c1-7(10-13(18)21-15(3,4)22-14(10)19)16-9-6-23-8(2)11(9)12(17)20-5/h6,16H,1-5H3. The highest BCUT2D eigenvalue weighted by atomic mass is 32.1. The van der Waals surface area contributed by atoms with E-state index in [9.17, 15) is 14.4 Å². The highest BCUT2D eigenvalue weighted by Gasteiger charge is 2.40. The molecule has 0 radical (unpaired) electrons. The first-order valence-electron chi connectivity index (χ1n) is 6.77. The zero-order valence-corrected chi connectivity index (χ0v) is 14.3. The first-order valence-corrected chi connectivity index (χ1v) is 7.65. The molecule has 0 amide bonds. The molecule has 0 atom stereocenters. The third-order valence-electron chi connectivity index (χ3n) is 3.15. The van der Waals surface area contributed by atoms with E-state index in [2.05, 4.69) is 5.32 Å². The van der Waals surface area contributed by atoms with Gasteiger partial charge in [0.2, 0.25) is 0 Å². The molecule has 0 aliphatic carbocycles. The number of rotatable bonds is 3. The van der Waals surface area contributed by atoms with Crippen LogP contribution in [0.2, 0.25) is 0 Å². The average Bonchev–Trinajstić information content (AvgIpc) is 2.76. The molecule has 1 aromatic rings. The normalized spacial score (nSPS) is 16.5. The van der Waals surface area contributed by atoms with Gasteiger partial charge in [0.15, 0.2) is 5.57 Å². The van der Waals surface area contributed by atoms with Crippen LogP contribution in [0.5, 0.6) is 0 Å². The summed E-state index contributed by atoms with van der Waals surface area (Å²) >= 11 is 1.35. The number of ether oxygens (including phenoxy) is 3. The van der Waals surface area contributed by atoms with Crippen LogP contribution in [0.15, 0.2) is 16.7 Å². The van der Waals surface area contributed by atoms with Gasteiger partial charge >= 0.3 is 17.9 Å². The lowest BCUT2D eigenvalue weighted by Crippen LogP contribution is -2.42. The molecule has 1 aliphatic heterocycles. The minimum Gasteiger partial charge on any atom is -0.465 e. The fourth-order valence-electron chi connectivity index (χ4n) is 2.13. The molecule has 0 bridgehead atoms. The number of hydrogen-bond donors (Lipinski definition) is 1. The Kier molecular flexibility index (Phi) is 4.46. The maximum absolute atomic E-state index is 12.0. The van der Waals surface area contributed by atoms with Gasteiger partial charge in [0.25, 0.3) is 5.79 Å². The lowest BCUT2D eigenvalue weighted by molar-refractivity contribution is -0.222. The number of anilines is 1. The molecule has 8 heteroatoms. The van der Waals surface area contributed by atoms with Crippen molar-refractivity contribution in [3.05, 3.63) is 27.1 Å². The zero-order valence-electron chi connectivity index (χ0n) is 13.4. The van der Waals surface area contributed by atoms with Crippen LogP contribution in [-0.4, -0.2) is 30.8 Å². The van der Waals surface area contributed by atoms with Gasteiger partial charge in [-0.05, 0) is 13.8 Å². The summed E-state index contributed by atoms with van der Waals surface area (Å²) in [6, 6.07) is 0. The lowest BCUT2D eigenvalue weighted by atomic mass is 10.1. The second-order valence-electron chi connectivity index (χ2n) is 5.38. The summed E-state index contributed by atoms with van der Waals surface area (Å²) in [6.07, 6.45) is 0. The molecule has 124 valence electrons. The van der Waals surface area contributed by atoms with Crippen LogP contribution in [0.1, 0.15) is 36.0 Å². The summed E-state index contributed by atoms with van der Waals surface area (Å²) in [7, 11) is 1.28. The average molecular weight is 339 g/mol. The summed E-state index contributed by atoms with van der Waals surface area (Å²) in [4.78, 5) is 36.6. The molecule has 2 rings (SSSR count). The summed E-state index contributed by atoms with van der Waals surface area (Å²) in [5, 5.41) is 4.60. The molecule has 0 unspecified atom stereocenters. The van der Waals surface area contributed by atoms with Gasteiger partial charge < -0.3 is 19.5 Å². The predicted molar refractivity (Wildman–Crippen MR) is 83.0 cm³/mol. The van der Waals surface area contributed by atoms with Crippen LogP contribution in [-0.2, 0) is 23.8 Å². The number of nitrogens with one attached hydrogen (secondary N) is 1. The fraction of sp³-hybridized carbons (Fsp3) is 0.400. The van der Waals surface area contributed by atoms with E-state index >= 15 is 0 Å². The van der Waals surface area contributed by atoms with Crippen molar-refractivity contribution in [2.24, 2.45) is 0 Å². The number of hydrogen-bond acceptors (Lipinski definition) is 8. The number of thiophene rings is 1. The monoisotopic (exact) mass is 339 g/mol. The Balaban J connectivity index is 2.35. The van der Waals surface area contributed by atoms with Gasteiger partial charge in [0.05, 0.1) is 18.4 Å². The number of methoxy groups -OCH3 is 1. The van der Waals surface area contributed by atoms with Crippen molar-refractivity contribution < 1.29 is 28.6 Å². The number of esters is 3. The molecule has 0 saturated carbocycles. The number of carbonyl (C=O) groups is 3. The zero-order chi connectivity index (χ0) is 17.4. The topological polar surface area (TPSA) is 90.9 Å². The van der Waals surface area contributed by atoms with Crippen LogP contribution in [0.3, 0.4) is 0 Å². The van der Waals surface area contributed by atoms with Gasteiger partial charge in [-0.25, -0.2) is 14.4 Å². The first-order chi connectivity index (χ1) is 10.7. The molecule has 0 aromatic carbocycles. The van der Waals surface area contributed by atoms with Crippen LogP contribution < -0.4 is 5.32 Å².